The van der Waals surface area contributed by atoms with E-state index in [0.717, 1.165) is 12.8 Å². The van der Waals surface area contributed by atoms with Gasteiger partial charge in [-0.05, 0) is 30.2 Å². The SMILES string of the molecule is CC[C@H](CNC(=O)CCC(=O)c1ccc2c(c1)OCCCO2)c1ccccc1. The first-order valence-electron chi connectivity index (χ1n) is 9.92. The van der Waals surface area contributed by atoms with Crippen molar-refractivity contribution < 1.29 is 19.1 Å². The minimum atomic E-state index is -0.0999. The Kier molecular flexibility index (Phi) is 7.06. The second kappa shape index (κ2) is 9.93. The molecule has 0 spiro atoms. The van der Waals surface area contributed by atoms with Crippen molar-refractivity contribution in [2.24, 2.45) is 0 Å². The van der Waals surface area contributed by atoms with Crippen LogP contribution in [-0.4, -0.2) is 31.4 Å². The van der Waals surface area contributed by atoms with Gasteiger partial charge in [0.1, 0.15) is 0 Å². The topological polar surface area (TPSA) is 64.6 Å². The third kappa shape index (κ3) is 5.35. The molecule has 3 rings (SSSR count). The first-order chi connectivity index (χ1) is 13.7. The molecule has 0 bridgehead atoms. The van der Waals surface area contributed by atoms with Crippen molar-refractivity contribution in [2.45, 2.75) is 38.5 Å². The molecule has 2 aromatic rings. The van der Waals surface area contributed by atoms with E-state index >= 15 is 0 Å². The summed E-state index contributed by atoms with van der Waals surface area (Å²) < 4.78 is 11.2. The van der Waals surface area contributed by atoms with Gasteiger partial charge in [-0.25, -0.2) is 0 Å². The summed E-state index contributed by atoms with van der Waals surface area (Å²) in [5.74, 6) is 1.38. The van der Waals surface area contributed by atoms with E-state index in [1.165, 1.54) is 5.56 Å². The number of ether oxygens (including phenoxy) is 2. The molecule has 148 valence electrons. The molecule has 0 unspecified atom stereocenters. The Balaban J connectivity index is 1.49. The van der Waals surface area contributed by atoms with Gasteiger partial charge in [0.25, 0.3) is 0 Å². The van der Waals surface area contributed by atoms with Crippen LogP contribution in [0.1, 0.15) is 54.4 Å². The van der Waals surface area contributed by atoms with Gasteiger partial charge in [-0.2, -0.15) is 0 Å². The van der Waals surface area contributed by atoms with Crippen LogP contribution in [0.2, 0.25) is 0 Å². The Morgan fingerprint density at radius 1 is 1.00 bits per heavy atom. The van der Waals surface area contributed by atoms with Crippen LogP contribution in [-0.2, 0) is 4.79 Å². The molecular formula is C23H27NO4. The molecule has 0 saturated carbocycles. The van der Waals surface area contributed by atoms with Gasteiger partial charge in [-0.1, -0.05) is 37.3 Å². The third-order valence-electron chi connectivity index (χ3n) is 4.96. The number of hydrogen-bond donors (Lipinski definition) is 1. The zero-order chi connectivity index (χ0) is 19.8. The maximum Gasteiger partial charge on any atom is 0.220 e. The van der Waals surface area contributed by atoms with E-state index in [-0.39, 0.29) is 30.4 Å². The van der Waals surface area contributed by atoms with Crippen LogP contribution >= 0.6 is 0 Å². The summed E-state index contributed by atoms with van der Waals surface area (Å²) in [4.78, 5) is 24.7. The monoisotopic (exact) mass is 381 g/mol. The fraction of sp³-hybridized carbons (Fsp3) is 0.391. The van der Waals surface area contributed by atoms with Crippen LogP contribution < -0.4 is 14.8 Å². The number of nitrogens with one attached hydrogen (secondary N) is 1. The largest absolute Gasteiger partial charge is 0.490 e. The lowest BCUT2D eigenvalue weighted by Gasteiger charge is -2.16. The molecule has 0 fully saturated rings. The summed E-state index contributed by atoms with van der Waals surface area (Å²) in [5, 5.41) is 2.96. The van der Waals surface area contributed by atoms with Gasteiger partial charge in [0, 0.05) is 37.3 Å². The maximum absolute atomic E-state index is 12.5. The lowest BCUT2D eigenvalue weighted by molar-refractivity contribution is -0.121. The van der Waals surface area contributed by atoms with Crippen LogP contribution in [0.3, 0.4) is 0 Å². The summed E-state index contributed by atoms with van der Waals surface area (Å²) in [5.41, 5.74) is 1.77. The number of carbonyl (C=O) groups is 2. The Labute approximate surface area is 166 Å². The molecule has 0 saturated heterocycles. The van der Waals surface area contributed by atoms with Gasteiger partial charge < -0.3 is 14.8 Å². The highest BCUT2D eigenvalue weighted by Crippen LogP contribution is 2.30. The van der Waals surface area contributed by atoms with Crippen molar-refractivity contribution in [3.05, 3.63) is 59.7 Å². The van der Waals surface area contributed by atoms with E-state index in [0.29, 0.717) is 36.8 Å². The standard InChI is InChI=1S/C23H27NO4/c1-2-17(18-7-4-3-5-8-18)16-24-23(26)12-10-20(25)19-9-11-21-22(15-19)28-14-6-13-27-21/h3-5,7-9,11,15,17H,2,6,10,12-14,16H2,1H3,(H,24,26)/t17-/m1/s1. The van der Waals surface area contributed by atoms with Crippen LogP contribution in [0, 0.1) is 0 Å². The van der Waals surface area contributed by atoms with Crippen molar-refractivity contribution in [3.8, 4) is 11.5 Å². The summed E-state index contributed by atoms with van der Waals surface area (Å²) in [7, 11) is 0. The molecule has 28 heavy (non-hydrogen) atoms. The number of benzene rings is 2. The average molecular weight is 381 g/mol. The molecular weight excluding hydrogens is 354 g/mol. The first kappa shape index (κ1) is 19.9. The Bertz CT molecular complexity index is 804. The molecule has 1 aliphatic heterocycles. The molecule has 2 aromatic carbocycles. The van der Waals surface area contributed by atoms with Crippen LogP contribution in [0.25, 0.3) is 0 Å². The van der Waals surface area contributed by atoms with Crippen molar-refractivity contribution >= 4 is 11.7 Å². The fourth-order valence-electron chi connectivity index (χ4n) is 3.26. The van der Waals surface area contributed by atoms with Gasteiger partial charge in [0.05, 0.1) is 13.2 Å². The van der Waals surface area contributed by atoms with Gasteiger partial charge in [0.15, 0.2) is 17.3 Å². The number of ketones is 1. The number of hydrogen-bond acceptors (Lipinski definition) is 4. The number of Topliss-reactive ketones (excluding diaryl/α,β-unsaturated/α-hetero) is 1. The Hall–Kier alpha value is -2.82. The van der Waals surface area contributed by atoms with Crippen LogP contribution in [0.15, 0.2) is 48.5 Å². The zero-order valence-electron chi connectivity index (χ0n) is 16.3. The molecule has 5 nitrogen and oxygen atoms in total. The summed E-state index contributed by atoms with van der Waals surface area (Å²) >= 11 is 0. The fourth-order valence-corrected chi connectivity index (χ4v) is 3.26. The average Bonchev–Trinajstić information content (AvgIpc) is 2.98. The second-order valence-corrected chi connectivity index (χ2v) is 6.96. The van der Waals surface area contributed by atoms with E-state index in [1.807, 2.05) is 18.2 Å². The highest BCUT2D eigenvalue weighted by Gasteiger charge is 2.16. The lowest BCUT2D eigenvalue weighted by atomic mass is 9.96. The molecule has 1 aliphatic rings. The van der Waals surface area contributed by atoms with E-state index in [1.54, 1.807) is 18.2 Å². The maximum atomic E-state index is 12.5. The minimum Gasteiger partial charge on any atom is -0.490 e. The van der Waals surface area contributed by atoms with Crippen molar-refractivity contribution in [1.82, 2.24) is 5.32 Å². The van der Waals surface area contributed by atoms with Crippen LogP contribution in [0.4, 0.5) is 0 Å². The molecule has 1 amide bonds. The number of rotatable bonds is 8. The van der Waals surface area contributed by atoms with Gasteiger partial charge in [-0.15, -0.1) is 0 Å². The van der Waals surface area contributed by atoms with E-state index in [9.17, 15) is 9.59 Å². The first-order valence-corrected chi connectivity index (χ1v) is 9.92. The van der Waals surface area contributed by atoms with E-state index in [4.69, 9.17) is 9.47 Å². The molecule has 0 aromatic heterocycles. The lowest BCUT2D eigenvalue weighted by Crippen LogP contribution is -2.28. The molecule has 0 radical (unpaired) electrons. The summed E-state index contributed by atoms with van der Waals surface area (Å²) in [6, 6.07) is 15.4. The normalized spacial score (nSPS) is 14.0. The Morgan fingerprint density at radius 2 is 1.75 bits per heavy atom. The minimum absolute atomic E-state index is 0.0686. The molecule has 5 heteroatoms. The molecule has 1 atom stereocenters. The molecule has 0 aliphatic carbocycles. The third-order valence-corrected chi connectivity index (χ3v) is 4.96. The predicted octanol–water partition coefficient (Wildman–Crippen LogP) is 4.12. The highest BCUT2D eigenvalue weighted by atomic mass is 16.5. The van der Waals surface area contributed by atoms with Gasteiger partial charge in [0.2, 0.25) is 5.91 Å². The number of fused-ring (bicyclic) bond motifs is 1. The number of carbonyl (C=O) groups excluding carboxylic acids is 2. The van der Waals surface area contributed by atoms with E-state index < -0.39 is 0 Å². The molecule has 1 heterocycles. The highest BCUT2D eigenvalue weighted by molar-refractivity contribution is 5.98. The molecule has 1 N–H and O–H groups in total. The van der Waals surface area contributed by atoms with E-state index in [2.05, 4.69) is 24.4 Å². The van der Waals surface area contributed by atoms with Crippen molar-refractivity contribution in [3.63, 3.8) is 0 Å². The predicted molar refractivity (Wildman–Crippen MR) is 108 cm³/mol. The summed E-state index contributed by atoms with van der Waals surface area (Å²) in [6.07, 6.45) is 2.12. The van der Waals surface area contributed by atoms with Crippen molar-refractivity contribution in [1.29, 1.82) is 0 Å². The van der Waals surface area contributed by atoms with Crippen LogP contribution in [0.5, 0.6) is 11.5 Å². The second-order valence-electron chi connectivity index (χ2n) is 6.96. The quantitative estimate of drug-likeness (QED) is 0.699. The summed E-state index contributed by atoms with van der Waals surface area (Å²) in [6.45, 7) is 3.88. The number of amides is 1. The smallest absolute Gasteiger partial charge is 0.220 e. The van der Waals surface area contributed by atoms with Gasteiger partial charge >= 0.3 is 0 Å². The zero-order valence-corrected chi connectivity index (χ0v) is 16.3. The Morgan fingerprint density at radius 3 is 2.50 bits per heavy atom. The van der Waals surface area contributed by atoms with Gasteiger partial charge in [-0.3, -0.25) is 9.59 Å². The van der Waals surface area contributed by atoms with Crippen molar-refractivity contribution in [2.75, 3.05) is 19.8 Å².